The van der Waals surface area contributed by atoms with Crippen molar-refractivity contribution in [1.82, 2.24) is 5.32 Å². The van der Waals surface area contributed by atoms with E-state index < -0.39 is 12.6 Å². The molecule has 0 aliphatic carbocycles. The number of ether oxygens (including phenoxy) is 1. The highest BCUT2D eigenvalue weighted by Crippen LogP contribution is 2.20. The maximum atomic E-state index is 11.8. The molecule has 0 unspecified atom stereocenters. The van der Waals surface area contributed by atoms with Crippen LogP contribution >= 0.6 is 0 Å². The molecule has 0 aromatic rings. The molecule has 0 aliphatic rings. The van der Waals surface area contributed by atoms with Crippen LogP contribution in [0.1, 0.15) is 26.2 Å². The monoisotopic (exact) mass is 239 g/mol. The van der Waals surface area contributed by atoms with Gasteiger partial charge in [0.05, 0.1) is 6.61 Å². The molecule has 2 nitrogen and oxygen atoms in total. The van der Waals surface area contributed by atoms with Crippen LogP contribution in [0.3, 0.4) is 0 Å². The van der Waals surface area contributed by atoms with Gasteiger partial charge in [0.2, 0.25) is 0 Å². The molecule has 0 aromatic heterocycles. The van der Waals surface area contributed by atoms with E-state index in [1.807, 2.05) is 0 Å². The predicted octanol–water partition coefficient (Wildman–Crippen LogP) is 2.90. The molecule has 0 spiro atoms. The standard InChI is InChI=1S/C11H20F3NO/c1-3-6-15-8-10(2)9-16-7-4-5-11(12,13)14/h15H,2-9H2,1H3. The lowest BCUT2D eigenvalue weighted by molar-refractivity contribution is -0.137. The van der Waals surface area contributed by atoms with Gasteiger partial charge >= 0.3 is 6.18 Å². The van der Waals surface area contributed by atoms with E-state index in [4.69, 9.17) is 4.74 Å². The molecule has 0 aromatic carbocycles. The Labute approximate surface area is 94.9 Å². The zero-order valence-electron chi connectivity index (χ0n) is 9.70. The van der Waals surface area contributed by atoms with Crippen LogP contribution in [0.5, 0.6) is 0 Å². The number of halogens is 3. The van der Waals surface area contributed by atoms with Gasteiger partial charge in [0, 0.05) is 19.6 Å². The summed E-state index contributed by atoms with van der Waals surface area (Å²) in [4.78, 5) is 0. The molecule has 0 aliphatic heterocycles. The molecule has 0 bridgehead atoms. The second-order valence-electron chi connectivity index (χ2n) is 3.70. The van der Waals surface area contributed by atoms with Gasteiger partial charge < -0.3 is 10.1 Å². The first kappa shape index (κ1) is 15.4. The Kier molecular flexibility index (Phi) is 8.29. The Hall–Kier alpha value is -0.550. The molecule has 0 saturated heterocycles. The molecule has 0 atom stereocenters. The van der Waals surface area contributed by atoms with Crippen LogP contribution in [0.2, 0.25) is 0 Å². The topological polar surface area (TPSA) is 21.3 Å². The van der Waals surface area contributed by atoms with Crippen molar-refractivity contribution in [2.24, 2.45) is 0 Å². The molecular weight excluding hydrogens is 219 g/mol. The summed E-state index contributed by atoms with van der Waals surface area (Å²) < 4.78 is 40.4. The van der Waals surface area contributed by atoms with Gasteiger partial charge in [-0.2, -0.15) is 13.2 Å². The Balaban J connectivity index is 3.28. The van der Waals surface area contributed by atoms with Gasteiger partial charge in [-0.25, -0.2) is 0 Å². The van der Waals surface area contributed by atoms with E-state index >= 15 is 0 Å². The maximum Gasteiger partial charge on any atom is 0.389 e. The lowest BCUT2D eigenvalue weighted by atomic mass is 10.3. The summed E-state index contributed by atoms with van der Waals surface area (Å²) in [6.07, 6.45) is -3.81. The first-order valence-corrected chi connectivity index (χ1v) is 5.47. The van der Waals surface area contributed by atoms with Crippen LogP contribution in [0, 0.1) is 0 Å². The van der Waals surface area contributed by atoms with Gasteiger partial charge in [-0.05, 0) is 25.0 Å². The van der Waals surface area contributed by atoms with Crippen LogP contribution < -0.4 is 5.32 Å². The molecule has 0 saturated carbocycles. The third kappa shape index (κ3) is 11.5. The SMILES string of the molecule is C=C(CNCCC)COCCCC(F)(F)F. The Morgan fingerprint density at radius 2 is 2.06 bits per heavy atom. The zero-order valence-corrected chi connectivity index (χ0v) is 9.70. The van der Waals surface area contributed by atoms with Crippen LogP contribution in [0.4, 0.5) is 13.2 Å². The van der Waals surface area contributed by atoms with Crippen molar-refractivity contribution in [2.45, 2.75) is 32.4 Å². The lowest BCUT2D eigenvalue weighted by Gasteiger charge is -2.09. The van der Waals surface area contributed by atoms with Gasteiger partial charge in [0.15, 0.2) is 0 Å². The van der Waals surface area contributed by atoms with Gasteiger partial charge in [-0.1, -0.05) is 13.5 Å². The van der Waals surface area contributed by atoms with Gasteiger partial charge in [-0.15, -0.1) is 0 Å². The van der Waals surface area contributed by atoms with Crippen molar-refractivity contribution in [2.75, 3.05) is 26.3 Å². The summed E-state index contributed by atoms with van der Waals surface area (Å²) in [6.45, 7) is 7.85. The fourth-order valence-corrected chi connectivity index (χ4v) is 1.08. The summed E-state index contributed by atoms with van der Waals surface area (Å²) in [7, 11) is 0. The molecule has 5 heteroatoms. The number of alkyl halides is 3. The average Bonchev–Trinajstić information content (AvgIpc) is 2.16. The second kappa shape index (κ2) is 8.58. The van der Waals surface area contributed by atoms with Crippen LogP contribution in [0.25, 0.3) is 0 Å². The molecule has 96 valence electrons. The van der Waals surface area contributed by atoms with Gasteiger partial charge in [0.1, 0.15) is 0 Å². The molecule has 0 heterocycles. The van der Waals surface area contributed by atoms with E-state index in [0.29, 0.717) is 13.2 Å². The normalized spacial score (nSPS) is 11.8. The quantitative estimate of drug-likeness (QED) is 0.493. The highest BCUT2D eigenvalue weighted by molar-refractivity contribution is 4.96. The zero-order chi connectivity index (χ0) is 12.4. The van der Waals surface area contributed by atoms with Crippen molar-refractivity contribution < 1.29 is 17.9 Å². The molecule has 1 N–H and O–H groups in total. The summed E-state index contributed by atoms with van der Waals surface area (Å²) >= 11 is 0. The summed E-state index contributed by atoms with van der Waals surface area (Å²) in [5.74, 6) is 0. The maximum absolute atomic E-state index is 11.8. The van der Waals surface area contributed by atoms with Crippen LogP contribution in [-0.2, 0) is 4.74 Å². The van der Waals surface area contributed by atoms with E-state index in [9.17, 15) is 13.2 Å². The molecule has 0 amide bonds. The minimum absolute atomic E-state index is 0.0131. The number of hydrogen-bond donors (Lipinski definition) is 1. The number of hydrogen-bond acceptors (Lipinski definition) is 2. The molecule has 16 heavy (non-hydrogen) atoms. The average molecular weight is 239 g/mol. The minimum atomic E-state index is -4.08. The van der Waals surface area contributed by atoms with Crippen molar-refractivity contribution in [3.63, 3.8) is 0 Å². The first-order valence-electron chi connectivity index (χ1n) is 5.47. The predicted molar refractivity (Wildman–Crippen MR) is 58.4 cm³/mol. The van der Waals surface area contributed by atoms with Gasteiger partial charge in [0.25, 0.3) is 0 Å². The number of rotatable bonds is 9. The third-order valence-electron chi connectivity index (χ3n) is 1.86. The van der Waals surface area contributed by atoms with Crippen molar-refractivity contribution in [1.29, 1.82) is 0 Å². The van der Waals surface area contributed by atoms with Crippen LogP contribution in [-0.4, -0.2) is 32.5 Å². The fourth-order valence-electron chi connectivity index (χ4n) is 1.08. The summed E-state index contributed by atoms with van der Waals surface area (Å²) in [5.41, 5.74) is 0.862. The van der Waals surface area contributed by atoms with Crippen molar-refractivity contribution in [3.8, 4) is 0 Å². The highest BCUT2D eigenvalue weighted by Gasteiger charge is 2.25. The van der Waals surface area contributed by atoms with Crippen molar-refractivity contribution in [3.05, 3.63) is 12.2 Å². The molecule has 0 rings (SSSR count). The first-order chi connectivity index (χ1) is 7.45. The summed E-state index contributed by atoms with van der Waals surface area (Å²) in [6, 6.07) is 0. The fraction of sp³-hybridized carbons (Fsp3) is 0.818. The Bertz CT molecular complexity index is 192. The van der Waals surface area contributed by atoms with Gasteiger partial charge in [-0.3, -0.25) is 0 Å². The third-order valence-corrected chi connectivity index (χ3v) is 1.86. The largest absolute Gasteiger partial charge is 0.389 e. The van der Waals surface area contributed by atoms with Crippen molar-refractivity contribution >= 4 is 0 Å². The van der Waals surface area contributed by atoms with E-state index in [1.165, 1.54) is 0 Å². The second-order valence-corrected chi connectivity index (χ2v) is 3.70. The highest BCUT2D eigenvalue weighted by atomic mass is 19.4. The van der Waals surface area contributed by atoms with E-state index in [0.717, 1.165) is 18.5 Å². The molecule has 0 fully saturated rings. The smallest absolute Gasteiger partial charge is 0.377 e. The van der Waals surface area contributed by atoms with E-state index in [2.05, 4.69) is 18.8 Å². The Morgan fingerprint density at radius 3 is 2.62 bits per heavy atom. The van der Waals surface area contributed by atoms with E-state index in [-0.39, 0.29) is 13.0 Å². The molecular formula is C11H20F3NO. The minimum Gasteiger partial charge on any atom is -0.377 e. The Morgan fingerprint density at radius 1 is 1.38 bits per heavy atom. The lowest BCUT2D eigenvalue weighted by Crippen LogP contribution is -2.19. The summed E-state index contributed by atoms with van der Waals surface area (Å²) in [5, 5.41) is 3.14. The number of nitrogens with one attached hydrogen (secondary N) is 1. The van der Waals surface area contributed by atoms with E-state index in [1.54, 1.807) is 0 Å². The molecule has 0 radical (unpaired) electrons. The van der Waals surface area contributed by atoms with Crippen LogP contribution in [0.15, 0.2) is 12.2 Å².